The van der Waals surface area contributed by atoms with E-state index in [0.29, 0.717) is 12.2 Å². The van der Waals surface area contributed by atoms with E-state index in [1.54, 1.807) is 18.7 Å². The van der Waals surface area contributed by atoms with Crippen molar-refractivity contribution >= 4 is 0 Å². The molecule has 0 radical (unpaired) electrons. The highest BCUT2D eigenvalue weighted by Gasteiger charge is 2.18. The Morgan fingerprint density at radius 1 is 1.26 bits per heavy atom. The quantitative estimate of drug-likeness (QED) is 0.608. The molecule has 0 aromatic carbocycles. The van der Waals surface area contributed by atoms with Gasteiger partial charge in [0.1, 0.15) is 18.0 Å². The van der Waals surface area contributed by atoms with Crippen molar-refractivity contribution in [2.45, 2.75) is 39.3 Å². The summed E-state index contributed by atoms with van der Waals surface area (Å²) < 4.78 is 1.87. The first-order chi connectivity index (χ1) is 9.11. The third kappa shape index (κ3) is 3.12. The second-order valence-electron chi connectivity index (χ2n) is 4.76. The standard InChI is InChI=1S/C12H19N7/c1-8(2)19-11(16-7-17-19)4-10(18-13)12-14-5-9(3)6-15-12/h5-8,10,18H,4,13H2,1-3H3. The zero-order chi connectivity index (χ0) is 13.8. The van der Waals surface area contributed by atoms with Crippen LogP contribution in [0.1, 0.15) is 43.1 Å². The zero-order valence-electron chi connectivity index (χ0n) is 11.4. The maximum atomic E-state index is 5.60. The molecule has 0 aliphatic carbocycles. The van der Waals surface area contributed by atoms with Gasteiger partial charge in [-0.1, -0.05) is 0 Å². The van der Waals surface area contributed by atoms with Gasteiger partial charge in [0.2, 0.25) is 0 Å². The van der Waals surface area contributed by atoms with Gasteiger partial charge in [0.15, 0.2) is 0 Å². The van der Waals surface area contributed by atoms with Gasteiger partial charge >= 0.3 is 0 Å². The Morgan fingerprint density at radius 3 is 2.53 bits per heavy atom. The molecule has 1 unspecified atom stereocenters. The lowest BCUT2D eigenvalue weighted by Crippen LogP contribution is -2.32. The fourth-order valence-corrected chi connectivity index (χ4v) is 1.84. The van der Waals surface area contributed by atoms with Crippen LogP contribution in [0.3, 0.4) is 0 Å². The van der Waals surface area contributed by atoms with E-state index in [1.165, 1.54) is 0 Å². The van der Waals surface area contributed by atoms with Crippen LogP contribution >= 0.6 is 0 Å². The molecule has 0 amide bonds. The van der Waals surface area contributed by atoms with Gasteiger partial charge < -0.3 is 0 Å². The molecule has 19 heavy (non-hydrogen) atoms. The molecule has 2 heterocycles. The average molecular weight is 261 g/mol. The Labute approximate surface area is 112 Å². The lowest BCUT2D eigenvalue weighted by Gasteiger charge is -2.15. The summed E-state index contributed by atoms with van der Waals surface area (Å²) in [6.07, 6.45) is 5.70. The molecule has 2 aromatic rings. The van der Waals surface area contributed by atoms with Crippen LogP contribution in [0.15, 0.2) is 18.7 Å². The zero-order valence-corrected chi connectivity index (χ0v) is 11.4. The van der Waals surface area contributed by atoms with E-state index < -0.39 is 0 Å². The molecule has 0 spiro atoms. The number of rotatable bonds is 5. The topological polar surface area (TPSA) is 94.5 Å². The van der Waals surface area contributed by atoms with E-state index in [4.69, 9.17) is 5.84 Å². The molecule has 0 aliphatic heterocycles. The van der Waals surface area contributed by atoms with Crippen LogP contribution in [0.4, 0.5) is 0 Å². The minimum absolute atomic E-state index is 0.178. The van der Waals surface area contributed by atoms with E-state index in [0.717, 1.165) is 11.4 Å². The monoisotopic (exact) mass is 261 g/mol. The minimum atomic E-state index is -0.178. The van der Waals surface area contributed by atoms with E-state index >= 15 is 0 Å². The maximum Gasteiger partial charge on any atom is 0.146 e. The number of nitrogens with two attached hydrogens (primary N) is 1. The molecule has 7 heteroatoms. The van der Waals surface area contributed by atoms with Crippen LogP contribution < -0.4 is 11.3 Å². The summed E-state index contributed by atoms with van der Waals surface area (Å²) in [5.74, 6) is 7.12. The molecule has 3 N–H and O–H groups in total. The van der Waals surface area contributed by atoms with Gasteiger partial charge in [-0.3, -0.25) is 5.84 Å². The fraction of sp³-hybridized carbons (Fsp3) is 0.500. The van der Waals surface area contributed by atoms with E-state index in [-0.39, 0.29) is 12.1 Å². The van der Waals surface area contributed by atoms with Crippen molar-refractivity contribution < 1.29 is 0 Å². The molecule has 2 rings (SSSR count). The summed E-state index contributed by atoms with van der Waals surface area (Å²) in [5.41, 5.74) is 3.75. The molecule has 0 bridgehead atoms. The molecule has 0 saturated heterocycles. The fourth-order valence-electron chi connectivity index (χ4n) is 1.84. The first kappa shape index (κ1) is 13.6. The molecule has 2 aromatic heterocycles. The van der Waals surface area contributed by atoms with Gasteiger partial charge in [-0.15, -0.1) is 0 Å². The Bertz CT molecular complexity index is 517. The van der Waals surface area contributed by atoms with Crippen molar-refractivity contribution in [2.75, 3.05) is 0 Å². The molecule has 102 valence electrons. The van der Waals surface area contributed by atoms with Gasteiger partial charge in [-0.2, -0.15) is 5.10 Å². The number of aryl methyl sites for hydroxylation is 1. The third-order valence-electron chi connectivity index (χ3n) is 2.84. The molecular formula is C12H19N7. The average Bonchev–Trinajstić information content (AvgIpc) is 2.85. The molecule has 0 aliphatic rings. The SMILES string of the molecule is Cc1cnc(C(Cc2ncnn2C(C)C)NN)nc1. The summed E-state index contributed by atoms with van der Waals surface area (Å²) >= 11 is 0. The van der Waals surface area contributed by atoms with Crippen molar-refractivity contribution in [3.63, 3.8) is 0 Å². The van der Waals surface area contributed by atoms with Crippen LogP contribution in [0, 0.1) is 6.92 Å². The van der Waals surface area contributed by atoms with E-state index in [9.17, 15) is 0 Å². The van der Waals surface area contributed by atoms with Crippen LogP contribution in [0.2, 0.25) is 0 Å². The van der Waals surface area contributed by atoms with Crippen molar-refractivity contribution in [1.29, 1.82) is 0 Å². The highest BCUT2D eigenvalue weighted by molar-refractivity contribution is 5.06. The highest BCUT2D eigenvalue weighted by Crippen LogP contribution is 2.14. The summed E-state index contributed by atoms with van der Waals surface area (Å²) in [6.45, 7) is 6.07. The number of hydrazine groups is 1. The van der Waals surface area contributed by atoms with Crippen LogP contribution in [-0.2, 0) is 6.42 Å². The number of aromatic nitrogens is 5. The van der Waals surface area contributed by atoms with Gasteiger partial charge in [0.05, 0.1) is 6.04 Å². The molecule has 0 fully saturated rings. The lowest BCUT2D eigenvalue weighted by atomic mass is 10.2. The van der Waals surface area contributed by atoms with Gasteiger partial charge in [0.25, 0.3) is 0 Å². The van der Waals surface area contributed by atoms with Gasteiger partial charge in [0, 0.05) is 24.9 Å². The molecule has 1 atom stereocenters. The number of hydrogen-bond donors (Lipinski definition) is 2. The highest BCUT2D eigenvalue weighted by atomic mass is 15.3. The molecule has 7 nitrogen and oxygen atoms in total. The van der Waals surface area contributed by atoms with Crippen LogP contribution in [-0.4, -0.2) is 24.7 Å². The summed E-state index contributed by atoms with van der Waals surface area (Å²) in [7, 11) is 0. The lowest BCUT2D eigenvalue weighted by molar-refractivity contribution is 0.458. The number of hydrogen-bond acceptors (Lipinski definition) is 6. The smallest absolute Gasteiger partial charge is 0.146 e. The van der Waals surface area contributed by atoms with Crippen LogP contribution in [0.25, 0.3) is 0 Å². The summed E-state index contributed by atoms with van der Waals surface area (Å²) in [6, 6.07) is 0.0807. The van der Waals surface area contributed by atoms with Crippen molar-refractivity contribution in [3.05, 3.63) is 35.9 Å². The van der Waals surface area contributed by atoms with E-state index in [2.05, 4.69) is 39.3 Å². The van der Waals surface area contributed by atoms with Crippen molar-refractivity contribution in [2.24, 2.45) is 5.84 Å². The molecular weight excluding hydrogens is 242 g/mol. The Hall–Kier alpha value is -1.86. The van der Waals surface area contributed by atoms with Gasteiger partial charge in [-0.25, -0.2) is 25.1 Å². The van der Waals surface area contributed by atoms with Gasteiger partial charge in [-0.05, 0) is 26.3 Å². The largest absolute Gasteiger partial charge is 0.271 e. The Morgan fingerprint density at radius 2 is 1.95 bits per heavy atom. The predicted molar refractivity (Wildman–Crippen MR) is 70.9 cm³/mol. The first-order valence-electron chi connectivity index (χ1n) is 6.25. The normalized spacial score (nSPS) is 12.9. The van der Waals surface area contributed by atoms with Crippen molar-refractivity contribution in [1.82, 2.24) is 30.2 Å². The number of nitrogens with one attached hydrogen (secondary N) is 1. The number of nitrogens with zero attached hydrogens (tertiary/aromatic N) is 5. The summed E-state index contributed by atoms with van der Waals surface area (Å²) in [4.78, 5) is 12.9. The molecule has 0 saturated carbocycles. The summed E-state index contributed by atoms with van der Waals surface area (Å²) in [5, 5.41) is 4.21. The maximum absolute atomic E-state index is 5.60. The third-order valence-corrected chi connectivity index (χ3v) is 2.84. The Balaban J connectivity index is 2.19. The van der Waals surface area contributed by atoms with E-state index in [1.807, 2.05) is 11.6 Å². The minimum Gasteiger partial charge on any atom is -0.271 e. The Kier molecular flexibility index (Phi) is 4.18. The van der Waals surface area contributed by atoms with Crippen molar-refractivity contribution in [3.8, 4) is 0 Å². The van der Waals surface area contributed by atoms with Crippen LogP contribution in [0.5, 0.6) is 0 Å². The predicted octanol–water partition coefficient (Wildman–Crippen LogP) is 0.705. The second-order valence-corrected chi connectivity index (χ2v) is 4.76. The first-order valence-corrected chi connectivity index (χ1v) is 6.25. The second kappa shape index (κ2) is 5.85.